The molecule has 0 radical (unpaired) electrons. The van der Waals surface area contributed by atoms with Crippen molar-refractivity contribution in [1.82, 2.24) is 0 Å². The van der Waals surface area contributed by atoms with Crippen LogP contribution in [0.3, 0.4) is 0 Å². The minimum Gasteiger partial charge on any atom is -0.459 e. The van der Waals surface area contributed by atoms with Gasteiger partial charge in [-0.3, -0.25) is 4.79 Å². The first-order valence-electron chi connectivity index (χ1n) is 6.23. The second kappa shape index (κ2) is 5.44. The van der Waals surface area contributed by atoms with Crippen molar-refractivity contribution in [2.75, 3.05) is 5.32 Å². The zero-order valence-electron chi connectivity index (χ0n) is 11.0. The van der Waals surface area contributed by atoms with Crippen LogP contribution in [0, 0.1) is 6.92 Å². The van der Waals surface area contributed by atoms with E-state index in [9.17, 15) is 4.79 Å². The summed E-state index contributed by atoms with van der Waals surface area (Å²) < 4.78 is 7.17. The fourth-order valence-corrected chi connectivity index (χ4v) is 3.57. The van der Waals surface area contributed by atoms with E-state index in [2.05, 4.69) is 37.2 Å². The van der Waals surface area contributed by atoms with Gasteiger partial charge in [-0.05, 0) is 52.7 Å². The number of halogens is 2. The van der Waals surface area contributed by atoms with Gasteiger partial charge in [0.25, 0.3) is 5.91 Å². The van der Waals surface area contributed by atoms with Gasteiger partial charge >= 0.3 is 0 Å². The fourth-order valence-electron chi connectivity index (χ4n) is 2.31. The maximum atomic E-state index is 12.2. The van der Waals surface area contributed by atoms with Gasteiger partial charge in [0.05, 0.1) is 11.3 Å². The highest BCUT2D eigenvalue weighted by atomic mass is 79.9. The second-order valence-electron chi connectivity index (χ2n) is 4.69. The van der Waals surface area contributed by atoms with E-state index in [1.165, 1.54) is 0 Å². The zero-order chi connectivity index (χ0) is 15.1. The highest BCUT2D eigenvalue weighted by Crippen LogP contribution is 2.43. The number of hydrogen-bond donors (Lipinski definition) is 2. The van der Waals surface area contributed by atoms with Crippen LogP contribution in [-0.4, -0.2) is 11.0 Å². The molecule has 2 aromatic rings. The Kier molecular flexibility index (Phi) is 3.77. The Bertz CT molecular complexity index is 777. The number of aliphatic hydroxyl groups is 1. The van der Waals surface area contributed by atoms with Crippen LogP contribution in [0.2, 0.25) is 0 Å². The van der Waals surface area contributed by atoms with Crippen molar-refractivity contribution >= 4 is 55.1 Å². The SMILES string of the molecule is Cc1c(Br)cc(Br)c2c1C(=Cc1ccc(CO)o1)C(=O)N2. The number of aliphatic hydroxyl groups excluding tert-OH is 1. The predicted molar refractivity (Wildman–Crippen MR) is 87.7 cm³/mol. The molecule has 0 bridgehead atoms. The number of rotatable bonds is 2. The number of nitrogens with one attached hydrogen (secondary N) is 1. The average molecular weight is 413 g/mol. The smallest absolute Gasteiger partial charge is 0.256 e. The third kappa shape index (κ3) is 2.47. The molecule has 0 spiro atoms. The van der Waals surface area contributed by atoms with Crippen molar-refractivity contribution in [3.63, 3.8) is 0 Å². The number of fused-ring (bicyclic) bond motifs is 1. The molecule has 1 amide bonds. The van der Waals surface area contributed by atoms with Crippen molar-refractivity contribution in [3.05, 3.63) is 49.8 Å². The van der Waals surface area contributed by atoms with Gasteiger partial charge in [-0.1, -0.05) is 15.9 Å². The maximum Gasteiger partial charge on any atom is 0.256 e. The minimum atomic E-state index is -0.172. The van der Waals surface area contributed by atoms with E-state index in [4.69, 9.17) is 9.52 Å². The highest BCUT2D eigenvalue weighted by Gasteiger charge is 2.29. The summed E-state index contributed by atoms with van der Waals surface area (Å²) in [5.74, 6) is 0.828. The van der Waals surface area contributed by atoms with Crippen LogP contribution in [0.1, 0.15) is 22.6 Å². The Balaban J connectivity index is 2.16. The lowest BCUT2D eigenvalue weighted by Gasteiger charge is -2.08. The maximum absolute atomic E-state index is 12.2. The summed E-state index contributed by atoms with van der Waals surface area (Å²) in [5, 5.41) is 11.9. The largest absolute Gasteiger partial charge is 0.459 e. The first-order valence-corrected chi connectivity index (χ1v) is 7.81. The van der Waals surface area contributed by atoms with E-state index in [0.29, 0.717) is 17.1 Å². The number of anilines is 1. The quantitative estimate of drug-likeness (QED) is 0.730. The molecule has 1 aromatic carbocycles. The molecule has 1 aromatic heterocycles. The van der Waals surface area contributed by atoms with Gasteiger partial charge in [0.15, 0.2) is 0 Å². The van der Waals surface area contributed by atoms with Crippen molar-refractivity contribution in [2.45, 2.75) is 13.5 Å². The molecule has 4 nitrogen and oxygen atoms in total. The number of amides is 1. The van der Waals surface area contributed by atoms with E-state index in [-0.39, 0.29) is 12.5 Å². The number of furan rings is 1. The van der Waals surface area contributed by atoms with Crippen LogP contribution in [0.25, 0.3) is 11.6 Å². The van der Waals surface area contributed by atoms with Crippen LogP contribution in [-0.2, 0) is 11.4 Å². The summed E-state index contributed by atoms with van der Waals surface area (Å²) in [6.45, 7) is 1.78. The van der Waals surface area contributed by atoms with E-state index < -0.39 is 0 Å². The summed E-state index contributed by atoms with van der Waals surface area (Å²) >= 11 is 6.95. The van der Waals surface area contributed by atoms with Crippen LogP contribution >= 0.6 is 31.9 Å². The van der Waals surface area contributed by atoms with Crippen LogP contribution < -0.4 is 5.32 Å². The Labute approximate surface area is 138 Å². The molecular formula is C15H11Br2NO3. The van der Waals surface area contributed by atoms with E-state index in [1.54, 1.807) is 18.2 Å². The molecule has 108 valence electrons. The minimum absolute atomic E-state index is 0.165. The molecule has 1 aliphatic heterocycles. The normalized spacial score (nSPS) is 15.4. The van der Waals surface area contributed by atoms with Crippen LogP contribution in [0.5, 0.6) is 0 Å². The fraction of sp³-hybridized carbons (Fsp3) is 0.133. The third-order valence-corrected chi connectivity index (χ3v) is 4.80. The molecule has 21 heavy (non-hydrogen) atoms. The molecule has 3 rings (SSSR count). The molecule has 0 aliphatic carbocycles. The molecule has 0 fully saturated rings. The summed E-state index contributed by atoms with van der Waals surface area (Å²) in [6.07, 6.45) is 1.69. The van der Waals surface area contributed by atoms with Gasteiger partial charge in [0.2, 0.25) is 0 Å². The van der Waals surface area contributed by atoms with Gasteiger partial charge in [0, 0.05) is 14.5 Å². The summed E-state index contributed by atoms with van der Waals surface area (Å²) in [6, 6.07) is 5.32. The lowest BCUT2D eigenvalue weighted by molar-refractivity contribution is -0.110. The molecule has 1 aliphatic rings. The molecule has 0 saturated heterocycles. The standard InChI is InChI=1S/C15H11Br2NO3/c1-7-11(16)5-12(17)14-13(7)10(15(20)18-14)4-8-2-3-9(6-19)21-8/h2-5,19H,6H2,1H3,(H,18,20). The van der Waals surface area contributed by atoms with Gasteiger partial charge in [0.1, 0.15) is 18.1 Å². The topological polar surface area (TPSA) is 62.5 Å². The van der Waals surface area contributed by atoms with Crippen LogP contribution in [0.15, 0.2) is 31.6 Å². The third-order valence-electron chi connectivity index (χ3n) is 3.35. The highest BCUT2D eigenvalue weighted by molar-refractivity contribution is 9.11. The van der Waals surface area contributed by atoms with Crippen molar-refractivity contribution in [2.24, 2.45) is 0 Å². The number of hydrogen-bond acceptors (Lipinski definition) is 3. The first kappa shape index (κ1) is 14.6. The summed E-state index contributed by atoms with van der Waals surface area (Å²) in [4.78, 5) is 12.2. The molecule has 0 atom stereocenters. The van der Waals surface area contributed by atoms with E-state index in [1.807, 2.05) is 13.0 Å². The summed E-state index contributed by atoms with van der Waals surface area (Å²) in [7, 11) is 0. The summed E-state index contributed by atoms with van der Waals surface area (Å²) in [5.41, 5.74) is 3.14. The zero-order valence-corrected chi connectivity index (χ0v) is 14.2. The Morgan fingerprint density at radius 1 is 1.33 bits per heavy atom. The van der Waals surface area contributed by atoms with Crippen molar-refractivity contribution < 1.29 is 14.3 Å². The number of benzene rings is 1. The van der Waals surface area contributed by atoms with E-state index >= 15 is 0 Å². The Hall–Kier alpha value is -1.37. The molecule has 2 heterocycles. The van der Waals surface area contributed by atoms with Crippen LogP contribution in [0.4, 0.5) is 5.69 Å². The van der Waals surface area contributed by atoms with Gasteiger partial charge in [-0.25, -0.2) is 0 Å². The Morgan fingerprint density at radius 3 is 2.76 bits per heavy atom. The second-order valence-corrected chi connectivity index (χ2v) is 6.40. The van der Waals surface area contributed by atoms with Gasteiger partial charge < -0.3 is 14.8 Å². The Morgan fingerprint density at radius 2 is 2.10 bits per heavy atom. The van der Waals surface area contributed by atoms with E-state index in [0.717, 1.165) is 25.8 Å². The number of carbonyl (C=O) groups excluding carboxylic acids is 1. The molecule has 0 unspecified atom stereocenters. The van der Waals surface area contributed by atoms with Crippen molar-refractivity contribution in [3.8, 4) is 0 Å². The molecule has 0 saturated carbocycles. The first-order chi connectivity index (χ1) is 10.0. The van der Waals surface area contributed by atoms with Crippen molar-refractivity contribution in [1.29, 1.82) is 0 Å². The lowest BCUT2D eigenvalue weighted by Crippen LogP contribution is -2.03. The van der Waals surface area contributed by atoms with Gasteiger partial charge in [-0.15, -0.1) is 0 Å². The number of carbonyl (C=O) groups is 1. The monoisotopic (exact) mass is 411 g/mol. The molecule has 2 N–H and O–H groups in total. The molecular weight excluding hydrogens is 402 g/mol. The molecule has 6 heteroatoms. The van der Waals surface area contributed by atoms with Gasteiger partial charge in [-0.2, -0.15) is 0 Å². The predicted octanol–water partition coefficient (Wildman–Crippen LogP) is 4.10. The lowest BCUT2D eigenvalue weighted by atomic mass is 10.0. The average Bonchev–Trinajstić information content (AvgIpc) is 3.03.